The van der Waals surface area contributed by atoms with Crippen LogP contribution >= 0.6 is 0 Å². The Balaban J connectivity index is 2.95. The third kappa shape index (κ3) is 3.76. The first-order valence-electron chi connectivity index (χ1n) is 7.33. The quantitative estimate of drug-likeness (QED) is 0.400. The smallest absolute Gasteiger partial charge is 0.333 e. The Labute approximate surface area is 129 Å². The molecule has 2 N–H and O–H groups in total. The van der Waals surface area contributed by atoms with Gasteiger partial charge in [-0.1, -0.05) is 13.8 Å². The highest BCUT2D eigenvalue weighted by Gasteiger charge is 2.17. The lowest BCUT2D eigenvalue weighted by Crippen LogP contribution is -2.40. The van der Waals surface area contributed by atoms with E-state index in [1.807, 2.05) is 0 Å². The molecule has 1 rings (SSSR count). The monoisotopic (exact) mass is 311 g/mol. The lowest BCUT2D eigenvalue weighted by Gasteiger charge is -2.17. The van der Waals surface area contributed by atoms with Crippen molar-refractivity contribution < 1.29 is 5.11 Å². The number of rotatable bonds is 7. The van der Waals surface area contributed by atoms with Gasteiger partial charge in [-0.3, -0.25) is 13.9 Å². The Morgan fingerprint density at radius 3 is 2.36 bits per heavy atom. The van der Waals surface area contributed by atoms with Gasteiger partial charge >= 0.3 is 5.69 Å². The molecule has 1 aromatic heterocycles. The maximum absolute atomic E-state index is 12.1. The molecule has 0 unspecified atom stereocenters. The highest BCUT2D eigenvalue weighted by Crippen LogP contribution is 2.09. The van der Waals surface area contributed by atoms with E-state index in [0.29, 0.717) is 12.3 Å². The fourth-order valence-electron chi connectivity index (χ4n) is 2.13. The topological polar surface area (TPSA) is 91.9 Å². The number of likely N-dealkylation sites (N-methyl/N-ethyl adjacent to an activating group) is 1. The molecule has 0 aliphatic heterocycles. The molecule has 0 aliphatic carbocycles. The van der Waals surface area contributed by atoms with Gasteiger partial charge in [0.15, 0.2) is 0 Å². The van der Waals surface area contributed by atoms with E-state index in [1.54, 1.807) is 6.92 Å². The number of aromatic nitrogens is 2. The van der Waals surface area contributed by atoms with Gasteiger partial charge < -0.3 is 15.4 Å². The summed E-state index contributed by atoms with van der Waals surface area (Å²) >= 11 is 0. The summed E-state index contributed by atoms with van der Waals surface area (Å²) in [5.41, 5.74) is 2.12. The van der Waals surface area contributed by atoms with Crippen molar-refractivity contribution in [2.75, 3.05) is 26.2 Å². The molecule has 22 heavy (non-hydrogen) atoms. The molecule has 1 heterocycles. The zero-order valence-corrected chi connectivity index (χ0v) is 13.9. The second kappa shape index (κ2) is 7.79. The molecule has 0 fully saturated rings. The standard InChI is InChI=1S/C14H25N5O3/c1-6-19(7-2)9-8-15-16-10(3)11-12(20)17(4)14(22)18(5)13(11)21/h15,20H,6-9H2,1-5H3/b16-10+. The first-order chi connectivity index (χ1) is 10.3. The zero-order valence-electron chi connectivity index (χ0n) is 13.9. The molecule has 0 aliphatic rings. The molecule has 0 aromatic carbocycles. The number of hydrogen-bond acceptors (Lipinski definition) is 6. The number of nitrogens with one attached hydrogen (secondary N) is 1. The Kier molecular flexibility index (Phi) is 6.36. The summed E-state index contributed by atoms with van der Waals surface area (Å²) in [5, 5.41) is 14.1. The van der Waals surface area contributed by atoms with Gasteiger partial charge in [0.2, 0.25) is 5.88 Å². The second-order valence-electron chi connectivity index (χ2n) is 5.04. The van der Waals surface area contributed by atoms with Crippen LogP contribution < -0.4 is 16.7 Å². The molecule has 0 saturated carbocycles. The van der Waals surface area contributed by atoms with Gasteiger partial charge in [0.25, 0.3) is 5.56 Å². The average molecular weight is 311 g/mol. The van der Waals surface area contributed by atoms with Crippen molar-refractivity contribution in [2.45, 2.75) is 20.8 Å². The Bertz CT molecular complexity index is 656. The normalized spacial score (nSPS) is 12.0. The summed E-state index contributed by atoms with van der Waals surface area (Å²) in [6.07, 6.45) is 0. The molecule has 1 aromatic rings. The maximum atomic E-state index is 12.1. The van der Waals surface area contributed by atoms with Crippen molar-refractivity contribution in [3.8, 4) is 5.88 Å². The van der Waals surface area contributed by atoms with E-state index in [-0.39, 0.29) is 11.4 Å². The van der Waals surface area contributed by atoms with Crippen molar-refractivity contribution in [3.05, 3.63) is 26.4 Å². The van der Waals surface area contributed by atoms with E-state index < -0.39 is 11.2 Å². The van der Waals surface area contributed by atoms with E-state index in [9.17, 15) is 14.7 Å². The minimum atomic E-state index is -0.575. The van der Waals surface area contributed by atoms with Crippen LogP contribution in [0.2, 0.25) is 0 Å². The van der Waals surface area contributed by atoms with Gasteiger partial charge in [0.05, 0.1) is 5.71 Å². The van der Waals surface area contributed by atoms with Gasteiger partial charge in [0.1, 0.15) is 5.56 Å². The van der Waals surface area contributed by atoms with Crippen LogP contribution in [0.4, 0.5) is 0 Å². The van der Waals surface area contributed by atoms with Crippen molar-refractivity contribution in [1.29, 1.82) is 0 Å². The lowest BCUT2D eigenvalue weighted by molar-refractivity contribution is 0.303. The average Bonchev–Trinajstić information content (AvgIpc) is 2.51. The van der Waals surface area contributed by atoms with Crippen LogP contribution in [0.25, 0.3) is 0 Å². The maximum Gasteiger partial charge on any atom is 0.333 e. The van der Waals surface area contributed by atoms with Crippen LogP contribution in [-0.2, 0) is 14.1 Å². The minimum absolute atomic E-state index is 0.0277. The summed E-state index contributed by atoms with van der Waals surface area (Å²) in [7, 11) is 2.77. The van der Waals surface area contributed by atoms with Gasteiger partial charge in [-0.25, -0.2) is 4.79 Å². The van der Waals surface area contributed by atoms with Crippen LogP contribution in [0.15, 0.2) is 14.7 Å². The summed E-state index contributed by atoms with van der Waals surface area (Å²) in [6, 6.07) is 0. The first-order valence-corrected chi connectivity index (χ1v) is 7.33. The largest absolute Gasteiger partial charge is 0.494 e. The predicted molar refractivity (Wildman–Crippen MR) is 86.6 cm³/mol. The van der Waals surface area contributed by atoms with Crippen molar-refractivity contribution >= 4 is 5.71 Å². The van der Waals surface area contributed by atoms with E-state index in [2.05, 4.69) is 29.3 Å². The summed E-state index contributed by atoms with van der Waals surface area (Å²) < 4.78 is 1.97. The second-order valence-corrected chi connectivity index (χ2v) is 5.04. The number of aromatic hydroxyl groups is 1. The molecular weight excluding hydrogens is 286 g/mol. The fraction of sp³-hybridized carbons (Fsp3) is 0.643. The molecule has 0 bridgehead atoms. The third-order valence-electron chi connectivity index (χ3n) is 3.68. The van der Waals surface area contributed by atoms with Gasteiger partial charge in [0, 0.05) is 27.2 Å². The molecule has 124 valence electrons. The van der Waals surface area contributed by atoms with Crippen molar-refractivity contribution in [3.63, 3.8) is 0 Å². The van der Waals surface area contributed by atoms with Crippen LogP contribution in [0.3, 0.4) is 0 Å². The molecule has 0 saturated heterocycles. The Morgan fingerprint density at radius 2 is 1.82 bits per heavy atom. The zero-order chi connectivity index (χ0) is 16.9. The van der Waals surface area contributed by atoms with Crippen LogP contribution in [0, 0.1) is 0 Å². The van der Waals surface area contributed by atoms with E-state index in [1.165, 1.54) is 14.1 Å². The molecule has 0 radical (unpaired) electrons. The highest BCUT2D eigenvalue weighted by atomic mass is 16.3. The van der Waals surface area contributed by atoms with Crippen LogP contribution in [0.5, 0.6) is 5.88 Å². The first kappa shape index (κ1) is 18.0. The summed E-state index contributed by atoms with van der Waals surface area (Å²) in [6.45, 7) is 9.18. The van der Waals surface area contributed by atoms with E-state index in [4.69, 9.17) is 0 Å². The summed E-state index contributed by atoms with van der Waals surface area (Å²) in [5.74, 6) is -0.375. The Morgan fingerprint density at radius 1 is 1.23 bits per heavy atom. The SMILES string of the molecule is CCN(CC)CCN/N=C(\C)c1c(O)n(C)c(=O)n(C)c1=O. The predicted octanol–water partition coefficient (Wildman–Crippen LogP) is -0.555. The number of nitrogens with zero attached hydrogens (tertiary/aromatic N) is 4. The van der Waals surface area contributed by atoms with Gasteiger partial charge in [-0.15, -0.1) is 0 Å². The molecule has 0 spiro atoms. The molecule has 0 atom stereocenters. The third-order valence-corrected chi connectivity index (χ3v) is 3.68. The fourth-order valence-corrected chi connectivity index (χ4v) is 2.13. The number of hydrogen-bond donors (Lipinski definition) is 2. The van der Waals surface area contributed by atoms with Gasteiger partial charge in [-0.05, 0) is 20.0 Å². The van der Waals surface area contributed by atoms with Crippen molar-refractivity contribution in [2.24, 2.45) is 19.2 Å². The highest BCUT2D eigenvalue weighted by molar-refractivity contribution is 6.00. The molecule has 0 amide bonds. The molecule has 8 heteroatoms. The van der Waals surface area contributed by atoms with E-state index >= 15 is 0 Å². The van der Waals surface area contributed by atoms with Crippen LogP contribution in [-0.4, -0.2) is 51.0 Å². The van der Waals surface area contributed by atoms with Gasteiger partial charge in [-0.2, -0.15) is 5.10 Å². The number of hydrazone groups is 1. The summed E-state index contributed by atoms with van der Waals surface area (Å²) in [4.78, 5) is 26.0. The minimum Gasteiger partial charge on any atom is -0.494 e. The van der Waals surface area contributed by atoms with E-state index in [0.717, 1.165) is 28.8 Å². The van der Waals surface area contributed by atoms with Crippen LogP contribution in [0.1, 0.15) is 26.3 Å². The lowest BCUT2D eigenvalue weighted by atomic mass is 10.2. The Hall–Kier alpha value is -2.09. The molecular formula is C14H25N5O3. The molecule has 8 nitrogen and oxygen atoms in total. The van der Waals surface area contributed by atoms with Crippen molar-refractivity contribution in [1.82, 2.24) is 19.5 Å².